The summed E-state index contributed by atoms with van der Waals surface area (Å²) < 4.78 is 6.12. The largest absolute Gasteiger partial charge is 0.481 e. The van der Waals surface area contributed by atoms with Gasteiger partial charge >= 0.3 is 11.9 Å². The Kier molecular flexibility index (Phi) is 21.8. The molecule has 0 bridgehead atoms. The van der Waals surface area contributed by atoms with Gasteiger partial charge in [0.2, 0.25) is 0 Å². The fourth-order valence-electron chi connectivity index (χ4n) is 6.42. The number of rotatable bonds is 26. The van der Waals surface area contributed by atoms with Crippen molar-refractivity contribution >= 4 is 11.9 Å². The first-order valence-corrected chi connectivity index (χ1v) is 17.4. The van der Waals surface area contributed by atoms with Crippen molar-refractivity contribution in [2.24, 2.45) is 11.3 Å². The smallest absolute Gasteiger partial charge is 0.312 e. The van der Waals surface area contributed by atoms with Crippen molar-refractivity contribution in [3.05, 3.63) is 0 Å². The van der Waals surface area contributed by atoms with Crippen LogP contribution in [0.2, 0.25) is 0 Å². The van der Waals surface area contributed by atoms with Gasteiger partial charge in [0.15, 0.2) is 0 Å². The van der Waals surface area contributed by atoms with E-state index in [4.69, 9.17) is 4.74 Å². The van der Waals surface area contributed by atoms with Crippen LogP contribution in [-0.4, -0.2) is 23.1 Å². The zero-order valence-corrected chi connectivity index (χ0v) is 26.4. The number of hydrogen-bond acceptors (Lipinski definition) is 3. The minimum atomic E-state index is -0.876. The normalized spacial score (nSPS) is 20.1. The molecule has 0 aliphatic heterocycles. The summed E-state index contributed by atoms with van der Waals surface area (Å²) in [5, 5.41) is 9.75. The number of esters is 1. The zero-order valence-electron chi connectivity index (χ0n) is 26.4. The Hall–Kier alpha value is -1.06. The third-order valence-electron chi connectivity index (χ3n) is 9.26. The molecule has 0 aromatic heterocycles. The molecule has 0 saturated heterocycles. The van der Waals surface area contributed by atoms with E-state index in [9.17, 15) is 14.7 Å². The van der Waals surface area contributed by atoms with Crippen LogP contribution in [0.1, 0.15) is 194 Å². The Balaban J connectivity index is 2.30. The van der Waals surface area contributed by atoms with Gasteiger partial charge in [0, 0.05) is 0 Å². The third-order valence-corrected chi connectivity index (χ3v) is 9.26. The van der Waals surface area contributed by atoms with Crippen molar-refractivity contribution in [2.75, 3.05) is 0 Å². The van der Waals surface area contributed by atoms with Crippen LogP contribution in [0.5, 0.6) is 0 Å². The van der Waals surface area contributed by atoms with E-state index in [0.29, 0.717) is 12.8 Å². The number of unbranched alkanes of at least 4 members (excludes halogenated alkanes) is 19. The molecule has 1 aliphatic rings. The number of carboxylic acids is 1. The molecule has 0 heterocycles. The fraction of sp³-hybridized carbons (Fsp3) is 0.943. The van der Waals surface area contributed by atoms with E-state index in [-0.39, 0.29) is 12.1 Å². The van der Waals surface area contributed by atoms with Crippen LogP contribution >= 0.6 is 0 Å². The molecule has 1 saturated carbocycles. The Labute approximate surface area is 242 Å². The van der Waals surface area contributed by atoms with E-state index in [1.165, 1.54) is 122 Å². The Morgan fingerprint density at radius 2 is 1.05 bits per heavy atom. The number of carbonyl (C=O) groups is 2. The average Bonchev–Trinajstić information content (AvgIpc) is 2.92. The summed E-state index contributed by atoms with van der Waals surface area (Å²) in [6, 6.07) is 0. The maximum absolute atomic E-state index is 13.3. The van der Waals surface area contributed by atoms with Gasteiger partial charge in [-0.1, -0.05) is 149 Å². The minimum absolute atomic E-state index is 0.0566. The first kappa shape index (κ1) is 36.0. The van der Waals surface area contributed by atoms with Crippen LogP contribution in [0.15, 0.2) is 0 Å². The molecule has 39 heavy (non-hydrogen) atoms. The van der Waals surface area contributed by atoms with Crippen LogP contribution in [0.25, 0.3) is 0 Å². The van der Waals surface area contributed by atoms with Gasteiger partial charge in [0.25, 0.3) is 0 Å². The minimum Gasteiger partial charge on any atom is -0.481 e. The summed E-state index contributed by atoms with van der Waals surface area (Å²) in [5.74, 6) is -1.71. The van der Waals surface area contributed by atoms with Crippen LogP contribution in [-0.2, 0) is 14.3 Å². The molecule has 3 unspecified atom stereocenters. The van der Waals surface area contributed by atoms with Gasteiger partial charge in [-0.15, -0.1) is 0 Å². The predicted octanol–water partition coefficient (Wildman–Crippen LogP) is 11.2. The molecule has 4 nitrogen and oxygen atoms in total. The van der Waals surface area contributed by atoms with E-state index in [0.717, 1.165) is 38.5 Å². The zero-order chi connectivity index (χ0) is 28.6. The summed E-state index contributed by atoms with van der Waals surface area (Å²) in [4.78, 5) is 25.2. The second-order valence-electron chi connectivity index (χ2n) is 12.9. The quantitative estimate of drug-likeness (QED) is 0.0859. The van der Waals surface area contributed by atoms with Gasteiger partial charge < -0.3 is 9.84 Å². The lowest BCUT2D eigenvalue weighted by molar-refractivity contribution is -0.174. The second-order valence-corrected chi connectivity index (χ2v) is 12.9. The number of carbonyl (C=O) groups excluding carboxylic acids is 1. The number of aliphatic carboxylic acids is 1. The molecule has 4 heteroatoms. The third kappa shape index (κ3) is 16.7. The molecule has 0 aromatic carbocycles. The van der Waals surface area contributed by atoms with Gasteiger partial charge in [0.05, 0.1) is 11.3 Å². The number of carboxylic acid groups (broad SMARTS) is 1. The average molecular weight is 551 g/mol. The molecule has 1 aliphatic carbocycles. The Morgan fingerprint density at radius 3 is 1.44 bits per heavy atom. The predicted molar refractivity (Wildman–Crippen MR) is 165 cm³/mol. The van der Waals surface area contributed by atoms with Crippen molar-refractivity contribution < 1.29 is 19.4 Å². The van der Waals surface area contributed by atoms with E-state index in [1.54, 1.807) is 0 Å². The molecule has 230 valence electrons. The highest BCUT2D eigenvalue weighted by atomic mass is 16.5. The summed E-state index contributed by atoms with van der Waals surface area (Å²) in [6.45, 7) is 6.36. The molecule has 0 spiro atoms. The van der Waals surface area contributed by atoms with E-state index in [1.807, 2.05) is 6.92 Å². The first-order valence-electron chi connectivity index (χ1n) is 17.4. The van der Waals surface area contributed by atoms with Crippen LogP contribution in [0, 0.1) is 11.3 Å². The van der Waals surface area contributed by atoms with Gasteiger partial charge in [0.1, 0.15) is 6.10 Å². The summed E-state index contributed by atoms with van der Waals surface area (Å²) >= 11 is 0. The lowest BCUT2D eigenvalue weighted by Crippen LogP contribution is -2.44. The fourth-order valence-corrected chi connectivity index (χ4v) is 6.42. The monoisotopic (exact) mass is 550 g/mol. The molecular formula is C35H66O4. The molecule has 1 N–H and O–H groups in total. The van der Waals surface area contributed by atoms with Crippen LogP contribution in [0.4, 0.5) is 0 Å². The maximum atomic E-state index is 13.3. The molecule has 3 atom stereocenters. The lowest BCUT2D eigenvalue weighted by Gasteiger charge is -2.37. The van der Waals surface area contributed by atoms with E-state index < -0.39 is 17.3 Å². The lowest BCUT2D eigenvalue weighted by atomic mass is 9.67. The van der Waals surface area contributed by atoms with Crippen LogP contribution in [0.3, 0.4) is 0 Å². The molecule has 0 amide bonds. The number of hydrogen-bond donors (Lipinski definition) is 1. The standard InChI is InChI=1S/C35H66O4/c1-4-6-8-10-12-13-14-15-16-17-18-19-20-22-24-28-31(27-23-21-11-9-7-5-2)39-34(38)35(3)30-26-25-29-32(35)33(36)37/h31-32H,4-30H2,1-3H3,(H,36,37). The van der Waals surface area contributed by atoms with Gasteiger partial charge in [-0.05, 0) is 45.4 Å². The van der Waals surface area contributed by atoms with Crippen LogP contribution < -0.4 is 0 Å². The van der Waals surface area contributed by atoms with Crippen molar-refractivity contribution in [1.29, 1.82) is 0 Å². The Bertz CT molecular complexity index is 603. The molecule has 1 fully saturated rings. The first-order chi connectivity index (χ1) is 19.0. The van der Waals surface area contributed by atoms with Crippen molar-refractivity contribution in [1.82, 2.24) is 0 Å². The molecule has 0 radical (unpaired) electrons. The molecular weight excluding hydrogens is 484 g/mol. The van der Waals surface area contributed by atoms with Gasteiger partial charge in [-0.3, -0.25) is 9.59 Å². The highest BCUT2D eigenvalue weighted by Crippen LogP contribution is 2.42. The van der Waals surface area contributed by atoms with E-state index in [2.05, 4.69) is 13.8 Å². The van der Waals surface area contributed by atoms with Crippen molar-refractivity contribution in [2.45, 2.75) is 200 Å². The SMILES string of the molecule is CCCCCCCCCCCCCCCCCC(CCCCCCCC)OC(=O)C1(C)CCCCC1C(=O)O. The maximum Gasteiger partial charge on any atom is 0.312 e. The Morgan fingerprint density at radius 1 is 0.667 bits per heavy atom. The number of ether oxygens (including phenoxy) is 1. The van der Waals surface area contributed by atoms with Crippen molar-refractivity contribution in [3.8, 4) is 0 Å². The summed E-state index contributed by atoms with van der Waals surface area (Å²) in [6.07, 6.45) is 32.4. The molecule has 0 aromatic rings. The highest BCUT2D eigenvalue weighted by Gasteiger charge is 2.48. The highest BCUT2D eigenvalue weighted by molar-refractivity contribution is 5.84. The topological polar surface area (TPSA) is 63.6 Å². The van der Waals surface area contributed by atoms with E-state index >= 15 is 0 Å². The summed E-state index contributed by atoms with van der Waals surface area (Å²) in [5.41, 5.74) is -0.876. The van der Waals surface area contributed by atoms with Gasteiger partial charge in [-0.25, -0.2) is 0 Å². The second kappa shape index (κ2) is 23.6. The van der Waals surface area contributed by atoms with Crippen molar-refractivity contribution in [3.63, 3.8) is 0 Å². The summed E-state index contributed by atoms with van der Waals surface area (Å²) in [7, 11) is 0. The van der Waals surface area contributed by atoms with Gasteiger partial charge in [-0.2, -0.15) is 0 Å². The molecule has 1 rings (SSSR count).